The smallest absolute Gasteiger partial charge is 0.222 e. The number of anilines is 1. The maximum atomic E-state index is 12.6. The van der Waals surface area contributed by atoms with Crippen LogP contribution in [0.5, 0.6) is 0 Å². The van der Waals surface area contributed by atoms with Crippen molar-refractivity contribution in [2.24, 2.45) is 10.1 Å². The van der Waals surface area contributed by atoms with Gasteiger partial charge in [0.2, 0.25) is 17.5 Å². The van der Waals surface area contributed by atoms with Crippen LogP contribution < -0.4 is 10.5 Å². The number of benzene rings is 1. The van der Waals surface area contributed by atoms with Gasteiger partial charge in [-0.05, 0) is 48.6 Å². The third kappa shape index (κ3) is 5.87. The molecule has 0 fully saturated rings. The van der Waals surface area contributed by atoms with Gasteiger partial charge in [0.05, 0.1) is 11.3 Å². The maximum absolute atomic E-state index is 12.6. The zero-order chi connectivity index (χ0) is 19.8. The van der Waals surface area contributed by atoms with E-state index < -0.39 is 11.5 Å². The fourth-order valence-corrected chi connectivity index (χ4v) is 4.12. The Morgan fingerprint density at radius 2 is 2.11 bits per heavy atom. The lowest BCUT2D eigenvalue weighted by atomic mass is 9.97. The number of hydrogen-bond donors (Lipinski definition) is 2. The predicted molar refractivity (Wildman–Crippen MR) is 113 cm³/mol. The van der Waals surface area contributed by atoms with Crippen LogP contribution in [-0.4, -0.2) is 33.8 Å². The van der Waals surface area contributed by atoms with Crippen molar-refractivity contribution in [2.75, 3.05) is 11.3 Å². The highest BCUT2D eigenvalue weighted by atomic mass is 32.2. The van der Waals surface area contributed by atoms with E-state index in [-0.39, 0.29) is 11.9 Å². The molecular formula is C20H32N4O2S. The summed E-state index contributed by atoms with van der Waals surface area (Å²) in [4.78, 5) is 14.6. The predicted octanol–water partition coefficient (Wildman–Crippen LogP) is 3.54. The number of carbonyl (C=O) groups is 1. The number of hydrogen-bond acceptors (Lipinski definition) is 5. The van der Waals surface area contributed by atoms with E-state index in [9.17, 15) is 9.35 Å². The zero-order valence-electron chi connectivity index (χ0n) is 16.7. The summed E-state index contributed by atoms with van der Waals surface area (Å²) in [6.07, 6.45) is 6.46. The standard InChI is InChI=1S/C20H32N4O2S/c1-4-6-7-14-24(18(25)9-5-2)15(3)12-13-16-10-8-11-17-19(16)20(21)23-27(26)22-17/h8,10-11,15,22H,4-7,9,12-14H2,1-3H3,(H2,21,23)/t15-,27?/m1/s1. The molecule has 0 spiro atoms. The van der Waals surface area contributed by atoms with Crippen LogP contribution in [0.15, 0.2) is 22.6 Å². The van der Waals surface area contributed by atoms with Gasteiger partial charge >= 0.3 is 0 Å². The Labute approximate surface area is 166 Å². The van der Waals surface area contributed by atoms with Gasteiger partial charge in [-0.3, -0.25) is 4.79 Å². The molecule has 150 valence electrons. The van der Waals surface area contributed by atoms with E-state index in [1.54, 1.807) is 0 Å². The number of nitrogens with zero attached hydrogens (tertiary/aromatic N) is 2. The number of rotatable bonds is 10. The fourth-order valence-electron chi connectivity index (χ4n) is 3.45. The van der Waals surface area contributed by atoms with Crippen LogP contribution in [0.1, 0.15) is 70.4 Å². The summed E-state index contributed by atoms with van der Waals surface area (Å²) in [5.74, 6) is 0.557. The van der Waals surface area contributed by atoms with Crippen molar-refractivity contribution >= 4 is 29.0 Å². The molecule has 3 N–H and O–H groups in total. The molecule has 1 amide bonds. The van der Waals surface area contributed by atoms with E-state index in [1.165, 1.54) is 0 Å². The number of nitrogens with one attached hydrogen (secondary N) is 1. The SMILES string of the molecule is CCCCCN(C(=O)CCC)[C@H](C)CCc1cccc2c1C(N)=N[S+]([O-])N2. The molecule has 1 aliphatic heterocycles. The van der Waals surface area contributed by atoms with Crippen LogP contribution in [0.25, 0.3) is 0 Å². The van der Waals surface area contributed by atoms with Gasteiger partial charge in [0.1, 0.15) is 0 Å². The van der Waals surface area contributed by atoms with Crippen LogP contribution in [0.3, 0.4) is 0 Å². The Morgan fingerprint density at radius 1 is 1.33 bits per heavy atom. The zero-order valence-corrected chi connectivity index (χ0v) is 17.5. The molecule has 0 aromatic heterocycles. The second kappa shape index (κ2) is 10.6. The number of fused-ring (bicyclic) bond motifs is 1. The van der Waals surface area contributed by atoms with Gasteiger partial charge < -0.3 is 15.2 Å². The third-order valence-electron chi connectivity index (χ3n) is 4.94. The Hall–Kier alpha value is -1.73. The Morgan fingerprint density at radius 3 is 2.81 bits per heavy atom. The Bertz CT molecular complexity index is 665. The number of amidine groups is 1. The van der Waals surface area contributed by atoms with Crippen LogP contribution in [0.4, 0.5) is 5.69 Å². The lowest BCUT2D eigenvalue weighted by Gasteiger charge is -2.30. The van der Waals surface area contributed by atoms with Gasteiger partial charge in [0.15, 0.2) is 5.84 Å². The van der Waals surface area contributed by atoms with Gasteiger partial charge in [-0.25, -0.2) is 0 Å². The number of nitrogens with two attached hydrogens (primary N) is 1. The molecule has 0 aliphatic carbocycles. The molecule has 7 heteroatoms. The van der Waals surface area contributed by atoms with Crippen LogP contribution in [0.2, 0.25) is 0 Å². The highest BCUT2D eigenvalue weighted by molar-refractivity contribution is 7.91. The summed E-state index contributed by atoms with van der Waals surface area (Å²) >= 11 is -1.51. The van der Waals surface area contributed by atoms with E-state index in [2.05, 4.69) is 23.0 Å². The molecule has 2 atom stereocenters. The lowest BCUT2D eigenvalue weighted by molar-refractivity contribution is -0.133. The van der Waals surface area contributed by atoms with Gasteiger partial charge in [-0.15, -0.1) is 0 Å². The first-order valence-corrected chi connectivity index (χ1v) is 11.0. The first kappa shape index (κ1) is 21.6. The molecule has 1 aromatic carbocycles. The molecule has 1 aromatic rings. The van der Waals surface area contributed by atoms with Gasteiger partial charge in [-0.2, -0.15) is 4.72 Å². The molecule has 27 heavy (non-hydrogen) atoms. The second-order valence-corrected chi connectivity index (χ2v) is 7.98. The molecule has 1 aliphatic rings. The molecule has 0 bridgehead atoms. The molecule has 0 saturated carbocycles. The van der Waals surface area contributed by atoms with Crippen LogP contribution >= 0.6 is 0 Å². The molecule has 0 radical (unpaired) electrons. The minimum Gasteiger partial charge on any atom is -0.566 e. The van der Waals surface area contributed by atoms with E-state index in [4.69, 9.17) is 5.73 Å². The van der Waals surface area contributed by atoms with Crippen molar-refractivity contribution in [3.05, 3.63) is 29.3 Å². The summed E-state index contributed by atoms with van der Waals surface area (Å²) in [6.45, 7) is 7.17. The van der Waals surface area contributed by atoms with Gasteiger partial charge in [0.25, 0.3) is 0 Å². The third-order valence-corrected chi connectivity index (χ3v) is 5.69. The minimum absolute atomic E-state index is 0.167. The monoisotopic (exact) mass is 392 g/mol. The lowest BCUT2D eigenvalue weighted by Crippen LogP contribution is -2.39. The molecule has 2 rings (SSSR count). The fraction of sp³-hybridized carbons (Fsp3) is 0.600. The average Bonchev–Trinajstić information content (AvgIpc) is 2.63. The van der Waals surface area contributed by atoms with E-state index in [1.807, 2.05) is 30.0 Å². The van der Waals surface area contributed by atoms with Gasteiger partial charge in [0, 0.05) is 19.0 Å². The second-order valence-electron chi connectivity index (χ2n) is 7.10. The van der Waals surface area contributed by atoms with Crippen molar-refractivity contribution in [3.8, 4) is 0 Å². The first-order chi connectivity index (χ1) is 13.0. The summed E-state index contributed by atoms with van der Waals surface area (Å²) < 4.78 is 18.4. The van der Waals surface area contributed by atoms with E-state index in [0.717, 1.165) is 61.9 Å². The summed E-state index contributed by atoms with van der Waals surface area (Å²) in [7, 11) is 0. The largest absolute Gasteiger partial charge is 0.566 e. The molecule has 6 nitrogen and oxygen atoms in total. The van der Waals surface area contributed by atoms with Crippen molar-refractivity contribution in [1.82, 2.24) is 4.90 Å². The quantitative estimate of drug-likeness (QED) is 0.470. The molecular weight excluding hydrogens is 360 g/mol. The summed E-state index contributed by atoms with van der Waals surface area (Å²) in [5, 5.41) is 0. The average molecular weight is 393 g/mol. The summed E-state index contributed by atoms with van der Waals surface area (Å²) in [5.41, 5.74) is 8.69. The highest BCUT2D eigenvalue weighted by Gasteiger charge is 2.24. The van der Waals surface area contributed by atoms with E-state index in [0.29, 0.717) is 12.3 Å². The van der Waals surface area contributed by atoms with Crippen molar-refractivity contribution in [1.29, 1.82) is 0 Å². The van der Waals surface area contributed by atoms with Crippen molar-refractivity contribution in [3.63, 3.8) is 0 Å². The number of carbonyl (C=O) groups excluding carboxylic acids is 1. The first-order valence-electron chi connectivity index (χ1n) is 9.92. The minimum atomic E-state index is -1.51. The Kier molecular flexibility index (Phi) is 8.44. The summed E-state index contributed by atoms with van der Waals surface area (Å²) in [6, 6.07) is 5.99. The van der Waals surface area contributed by atoms with Crippen LogP contribution in [0, 0.1) is 0 Å². The number of aryl methyl sites for hydroxylation is 1. The normalized spacial score (nSPS) is 16.9. The van der Waals surface area contributed by atoms with Gasteiger partial charge in [-0.1, -0.05) is 38.8 Å². The number of unbranched alkanes of at least 4 members (excludes halogenated alkanes) is 2. The van der Waals surface area contributed by atoms with Crippen LogP contribution in [-0.2, 0) is 22.8 Å². The maximum Gasteiger partial charge on any atom is 0.222 e. The molecule has 1 unspecified atom stereocenters. The highest BCUT2D eigenvalue weighted by Crippen LogP contribution is 2.27. The topological polar surface area (TPSA) is 93.8 Å². The van der Waals surface area contributed by atoms with Crippen molar-refractivity contribution < 1.29 is 9.35 Å². The Balaban J connectivity index is 2.07. The van der Waals surface area contributed by atoms with Crippen molar-refractivity contribution in [2.45, 2.75) is 71.8 Å². The van der Waals surface area contributed by atoms with E-state index >= 15 is 0 Å². The molecule has 1 heterocycles. The molecule has 0 saturated heterocycles. The number of amides is 1.